The maximum atomic E-state index is 6.05. The van der Waals surface area contributed by atoms with Crippen LogP contribution in [0.1, 0.15) is 37.3 Å². The van der Waals surface area contributed by atoms with Crippen molar-refractivity contribution in [1.29, 1.82) is 0 Å². The fourth-order valence-corrected chi connectivity index (χ4v) is 2.21. The van der Waals surface area contributed by atoms with Gasteiger partial charge in [-0.15, -0.1) is 0 Å². The van der Waals surface area contributed by atoms with Crippen LogP contribution < -0.4 is 10.1 Å². The Kier molecular flexibility index (Phi) is 5.19. The van der Waals surface area contributed by atoms with Crippen molar-refractivity contribution < 1.29 is 4.74 Å². The molecule has 0 amide bonds. The summed E-state index contributed by atoms with van der Waals surface area (Å²) in [6.07, 6.45) is 1.11. The van der Waals surface area contributed by atoms with Crippen LogP contribution in [0.15, 0.2) is 48.5 Å². The molecule has 0 aromatic heterocycles. The second kappa shape index (κ2) is 7.11. The van der Waals surface area contributed by atoms with Crippen molar-refractivity contribution in [3.8, 4) is 11.5 Å². The van der Waals surface area contributed by atoms with Crippen molar-refractivity contribution in [3.05, 3.63) is 59.7 Å². The van der Waals surface area contributed by atoms with Gasteiger partial charge in [-0.2, -0.15) is 0 Å². The maximum absolute atomic E-state index is 6.05. The first kappa shape index (κ1) is 14.6. The molecule has 0 fully saturated rings. The lowest BCUT2D eigenvalue weighted by molar-refractivity contribution is 0.470. The third-order valence-corrected chi connectivity index (χ3v) is 3.59. The van der Waals surface area contributed by atoms with Gasteiger partial charge in [-0.05, 0) is 48.7 Å². The number of para-hydroxylation sites is 1. The van der Waals surface area contributed by atoms with Crippen LogP contribution in [-0.2, 0) is 6.54 Å². The van der Waals surface area contributed by atoms with E-state index in [1.54, 1.807) is 0 Å². The average Bonchev–Trinajstić information content (AvgIpc) is 2.49. The molecule has 2 aromatic carbocycles. The summed E-state index contributed by atoms with van der Waals surface area (Å²) in [4.78, 5) is 0. The van der Waals surface area contributed by atoms with Crippen molar-refractivity contribution in [3.63, 3.8) is 0 Å². The zero-order valence-corrected chi connectivity index (χ0v) is 12.5. The molecule has 1 unspecified atom stereocenters. The Labute approximate surface area is 121 Å². The normalized spacial score (nSPS) is 12.2. The summed E-state index contributed by atoms with van der Waals surface area (Å²) in [7, 11) is 1.95. The van der Waals surface area contributed by atoms with E-state index in [0.29, 0.717) is 5.92 Å². The van der Waals surface area contributed by atoms with E-state index in [1.165, 1.54) is 11.1 Å². The quantitative estimate of drug-likeness (QED) is 0.820. The molecular formula is C18H23NO. The largest absolute Gasteiger partial charge is 0.457 e. The van der Waals surface area contributed by atoms with Gasteiger partial charge in [0, 0.05) is 6.54 Å². The minimum Gasteiger partial charge on any atom is -0.457 e. The highest BCUT2D eigenvalue weighted by molar-refractivity contribution is 5.40. The van der Waals surface area contributed by atoms with Crippen LogP contribution in [0.25, 0.3) is 0 Å². The molecule has 0 bridgehead atoms. The minimum absolute atomic E-state index is 0.509. The van der Waals surface area contributed by atoms with Gasteiger partial charge in [0.2, 0.25) is 0 Å². The Morgan fingerprint density at radius 3 is 2.40 bits per heavy atom. The lowest BCUT2D eigenvalue weighted by Gasteiger charge is -2.15. The molecular weight excluding hydrogens is 246 g/mol. The molecule has 1 atom stereocenters. The van der Waals surface area contributed by atoms with Crippen LogP contribution in [0.2, 0.25) is 0 Å². The molecule has 20 heavy (non-hydrogen) atoms. The Bertz CT molecular complexity index is 533. The summed E-state index contributed by atoms with van der Waals surface area (Å²) in [5, 5.41) is 3.14. The Hall–Kier alpha value is -1.80. The SMILES string of the molecule is CCC(C)c1ccccc1Oc1ccc(CNC)cc1. The summed E-state index contributed by atoms with van der Waals surface area (Å²) in [6, 6.07) is 16.5. The summed E-state index contributed by atoms with van der Waals surface area (Å²) >= 11 is 0. The molecule has 0 saturated carbocycles. The molecule has 1 N–H and O–H groups in total. The molecule has 0 heterocycles. The minimum atomic E-state index is 0.509. The second-order valence-electron chi connectivity index (χ2n) is 5.12. The van der Waals surface area contributed by atoms with E-state index in [0.717, 1.165) is 24.5 Å². The van der Waals surface area contributed by atoms with Crippen molar-refractivity contribution in [2.45, 2.75) is 32.7 Å². The number of hydrogen-bond acceptors (Lipinski definition) is 2. The van der Waals surface area contributed by atoms with E-state index in [2.05, 4.69) is 43.4 Å². The van der Waals surface area contributed by atoms with E-state index in [-0.39, 0.29) is 0 Å². The first-order chi connectivity index (χ1) is 9.74. The third kappa shape index (κ3) is 3.61. The van der Waals surface area contributed by atoms with Crippen molar-refractivity contribution in [1.82, 2.24) is 5.32 Å². The Morgan fingerprint density at radius 1 is 1.05 bits per heavy atom. The number of ether oxygens (including phenoxy) is 1. The van der Waals surface area contributed by atoms with E-state index in [4.69, 9.17) is 4.74 Å². The van der Waals surface area contributed by atoms with E-state index in [1.807, 2.05) is 31.3 Å². The third-order valence-electron chi connectivity index (χ3n) is 3.59. The number of nitrogens with one attached hydrogen (secondary N) is 1. The van der Waals surface area contributed by atoms with Crippen LogP contribution in [0.3, 0.4) is 0 Å². The lowest BCUT2D eigenvalue weighted by Crippen LogP contribution is -2.04. The topological polar surface area (TPSA) is 21.3 Å². The van der Waals surface area contributed by atoms with Crippen LogP contribution in [-0.4, -0.2) is 7.05 Å². The zero-order valence-electron chi connectivity index (χ0n) is 12.5. The zero-order chi connectivity index (χ0) is 14.4. The number of benzene rings is 2. The highest BCUT2D eigenvalue weighted by atomic mass is 16.5. The van der Waals surface area contributed by atoms with Gasteiger partial charge >= 0.3 is 0 Å². The van der Waals surface area contributed by atoms with Crippen molar-refractivity contribution >= 4 is 0 Å². The fourth-order valence-electron chi connectivity index (χ4n) is 2.21. The van der Waals surface area contributed by atoms with Gasteiger partial charge in [-0.25, -0.2) is 0 Å². The summed E-state index contributed by atoms with van der Waals surface area (Å²) in [5.74, 6) is 2.36. The standard InChI is InChI=1S/C18H23NO/c1-4-14(2)17-7-5-6-8-18(17)20-16-11-9-15(10-12-16)13-19-3/h5-12,14,19H,4,13H2,1-3H3. The molecule has 0 aliphatic carbocycles. The molecule has 0 aliphatic rings. The molecule has 2 heteroatoms. The molecule has 0 radical (unpaired) electrons. The smallest absolute Gasteiger partial charge is 0.130 e. The van der Waals surface area contributed by atoms with Crippen molar-refractivity contribution in [2.24, 2.45) is 0 Å². The first-order valence-electron chi connectivity index (χ1n) is 7.25. The Balaban J connectivity index is 2.17. The first-order valence-corrected chi connectivity index (χ1v) is 7.25. The van der Waals surface area contributed by atoms with Crippen LogP contribution >= 0.6 is 0 Å². The fraction of sp³-hybridized carbons (Fsp3) is 0.333. The van der Waals surface area contributed by atoms with Crippen LogP contribution in [0.4, 0.5) is 0 Å². The van der Waals surface area contributed by atoms with Gasteiger partial charge in [0.1, 0.15) is 11.5 Å². The molecule has 0 aliphatic heterocycles. The highest BCUT2D eigenvalue weighted by Crippen LogP contribution is 2.31. The number of rotatable bonds is 6. The summed E-state index contributed by atoms with van der Waals surface area (Å²) in [6.45, 7) is 5.32. The van der Waals surface area contributed by atoms with E-state index < -0.39 is 0 Å². The molecule has 106 valence electrons. The molecule has 2 aromatic rings. The Morgan fingerprint density at radius 2 is 1.75 bits per heavy atom. The molecule has 2 nitrogen and oxygen atoms in total. The van der Waals surface area contributed by atoms with Gasteiger partial charge in [0.05, 0.1) is 0 Å². The van der Waals surface area contributed by atoms with Gasteiger partial charge in [-0.1, -0.05) is 44.2 Å². The lowest BCUT2D eigenvalue weighted by atomic mass is 9.98. The summed E-state index contributed by atoms with van der Waals surface area (Å²) < 4.78 is 6.05. The van der Waals surface area contributed by atoms with Gasteiger partial charge in [-0.3, -0.25) is 0 Å². The van der Waals surface area contributed by atoms with Crippen LogP contribution in [0.5, 0.6) is 11.5 Å². The van der Waals surface area contributed by atoms with E-state index >= 15 is 0 Å². The number of hydrogen-bond donors (Lipinski definition) is 1. The molecule has 2 rings (SSSR count). The van der Waals surface area contributed by atoms with Gasteiger partial charge in [0.25, 0.3) is 0 Å². The highest BCUT2D eigenvalue weighted by Gasteiger charge is 2.10. The van der Waals surface area contributed by atoms with Crippen LogP contribution in [0, 0.1) is 0 Å². The van der Waals surface area contributed by atoms with Gasteiger partial charge in [0.15, 0.2) is 0 Å². The maximum Gasteiger partial charge on any atom is 0.130 e. The average molecular weight is 269 g/mol. The predicted octanol–water partition coefficient (Wildman–Crippen LogP) is 4.71. The molecule has 0 saturated heterocycles. The second-order valence-corrected chi connectivity index (χ2v) is 5.12. The monoisotopic (exact) mass is 269 g/mol. The molecule has 0 spiro atoms. The van der Waals surface area contributed by atoms with Crippen molar-refractivity contribution in [2.75, 3.05) is 7.05 Å². The van der Waals surface area contributed by atoms with E-state index in [9.17, 15) is 0 Å². The summed E-state index contributed by atoms with van der Waals surface area (Å²) in [5.41, 5.74) is 2.53. The predicted molar refractivity (Wildman–Crippen MR) is 84.4 cm³/mol. The van der Waals surface area contributed by atoms with Gasteiger partial charge < -0.3 is 10.1 Å².